The lowest BCUT2D eigenvalue weighted by Gasteiger charge is -2.21. The highest BCUT2D eigenvalue weighted by atomic mass is 32.2. The Hall–Kier alpha value is -2.45. The monoisotopic (exact) mass is 418 g/mol. The summed E-state index contributed by atoms with van der Waals surface area (Å²) in [5.74, 6) is 0.620. The Balaban J connectivity index is 2.00. The van der Waals surface area contributed by atoms with Crippen LogP contribution in [0.4, 0.5) is 5.82 Å². The highest BCUT2D eigenvalue weighted by molar-refractivity contribution is 7.89. The smallest absolute Gasteiger partial charge is 0.253 e. The molecule has 0 aliphatic carbocycles. The van der Waals surface area contributed by atoms with Gasteiger partial charge < -0.3 is 10.2 Å². The van der Waals surface area contributed by atoms with Gasteiger partial charge in [-0.2, -0.15) is 4.31 Å². The molecule has 0 aliphatic heterocycles. The van der Waals surface area contributed by atoms with Gasteiger partial charge in [-0.3, -0.25) is 4.79 Å². The first kappa shape index (κ1) is 22.8. The topological polar surface area (TPSA) is 82.6 Å². The number of amides is 1. The summed E-state index contributed by atoms with van der Waals surface area (Å²) >= 11 is 0. The quantitative estimate of drug-likeness (QED) is 0.677. The number of nitrogens with one attached hydrogen (secondary N) is 1. The lowest BCUT2D eigenvalue weighted by molar-refractivity contribution is 0.0950. The Labute approximate surface area is 173 Å². The Bertz CT molecular complexity index is 906. The molecule has 1 aromatic carbocycles. The molecular weight excluding hydrogens is 388 g/mol. The van der Waals surface area contributed by atoms with E-state index in [4.69, 9.17) is 0 Å². The summed E-state index contributed by atoms with van der Waals surface area (Å²) in [5, 5.41) is 2.84. The van der Waals surface area contributed by atoms with Gasteiger partial charge in [0.2, 0.25) is 10.0 Å². The van der Waals surface area contributed by atoms with Crippen LogP contribution in [-0.2, 0) is 16.6 Å². The van der Waals surface area contributed by atoms with Crippen LogP contribution in [0.2, 0.25) is 0 Å². The van der Waals surface area contributed by atoms with Crippen molar-refractivity contribution in [2.24, 2.45) is 0 Å². The van der Waals surface area contributed by atoms with E-state index in [2.05, 4.69) is 29.0 Å². The van der Waals surface area contributed by atoms with Gasteiger partial charge in [-0.05, 0) is 57.5 Å². The molecule has 2 rings (SSSR count). The third kappa shape index (κ3) is 5.55. The molecule has 0 atom stereocenters. The molecule has 158 valence electrons. The molecule has 7 nitrogen and oxygen atoms in total. The van der Waals surface area contributed by atoms with E-state index in [0.717, 1.165) is 24.5 Å². The summed E-state index contributed by atoms with van der Waals surface area (Å²) in [5.41, 5.74) is 1.30. The molecule has 8 heteroatoms. The maximum absolute atomic E-state index is 12.5. The zero-order chi connectivity index (χ0) is 21.6. The average molecular weight is 419 g/mol. The van der Waals surface area contributed by atoms with Crippen molar-refractivity contribution in [2.75, 3.05) is 25.0 Å². The van der Waals surface area contributed by atoms with Crippen molar-refractivity contribution < 1.29 is 13.2 Å². The number of sulfonamides is 1. The van der Waals surface area contributed by atoms with E-state index >= 15 is 0 Å². The lowest BCUT2D eigenvalue weighted by atomic mass is 10.2. The van der Waals surface area contributed by atoms with Gasteiger partial charge in [0.05, 0.1) is 10.5 Å². The van der Waals surface area contributed by atoms with Crippen LogP contribution in [-0.4, -0.2) is 49.8 Å². The molecule has 1 aromatic heterocycles. The number of pyridine rings is 1. The minimum Gasteiger partial charge on any atom is -0.357 e. The molecule has 2 aromatic rings. The molecule has 1 amide bonds. The molecule has 29 heavy (non-hydrogen) atoms. The number of benzene rings is 1. The molecule has 0 saturated carbocycles. The van der Waals surface area contributed by atoms with E-state index in [0.29, 0.717) is 12.1 Å². The normalized spacial score (nSPS) is 11.7. The summed E-state index contributed by atoms with van der Waals surface area (Å²) in [6.45, 7) is 9.78. The van der Waals surface area contributed by atoms with E-state index in [1.54, 1.807) is 43.6 Å². The number of rotatable bonds is 9. The Morgan fingerprint density at radius 1 is 1.07 bits per heavy atom. The molecule has 0 bridgehead atoms. The molecule has 0 unspecified atom stereocenters. The van der Waals surface area contributed by atoms with Crippen LogP contribution in [0.1, 0.15) is 43.6 Å². The van der Waals surface area contributed by atoms with Gasteiger partial charge in [0.15, 0.2) is 0 Å². The van der Waals surface area contributed by atoms with E-state index in [9.17, 15) is 13.2 Å². The number of carbonyl (C=O) groups excluding carboxylic acids is 1. The summed E-state index contributed by atoms with van der Waals surface area (Å²) in [6, 6.07) is 10.0. The number of nitrogens with zero attached hydrogens (tertiary/aromatic N) is 3. The first-order chi connectivity index (χ1) is 13.7. The first-order valence-electron chi connectivity index (χ1n) is 9.76. The van der Waals surface area contributed by atoms with Crippen molar-refractivity contribution in [3.05, 3.63) is 53.7 Å². The highest BCUT2D eigenvalue weighted by Gasteiger charge is 2.22. The van der Waals surface area contributed by atoms with E-state index in [-0.39, 0.29) is 16.8 Å². The summed E-state index contributed by atoms with van der Waals surface area (Å²) in [4.78, 5) is 19.1. The Morgan fingerprint density at radius 3 is 2.17 bits per heavy atom. The van der Waals surface area contributed by atoms with Crippen LogP contribution in [0.25, 0.3) is 0 Å². The molecular formula is C21H30N4O3S. The first-order valence-corrected chi connectivity index (χ1v) is 11.2. The standard InChI is InChI=1S/C21H30N4O3S/c1-6-25(7-2)20-13-10-18(15-22-20)21(26)23-14-17-8-11-19(12-9-17)29(27,28)24(5)16(3)4/h8-13,15-16H,6-7,14H2,1-5H3,(H,23,26). The predicted molar refractivity (Wildman–Crippen MR) is 115 cm³/mol. The summed E-state index contributed by atoms with van der Waals surface area (Å²) < 4.78 is 26.3. The van der Waals surface area contributed by atoms with Gasteiger partial charge in [0, 0.05) is 38.9 Å². The van der Waals surface area contributed by atoms with Gasteiger partial charge in [0.25, 0.3) is 5.91 Å². The maximum Gasteiger partial charge on any atom is 0.253 e. The van der Waals surface area contributed by atoms with Crippen molar-refractivity contribution >= 4 is 21.7 Å². The SMILES string of the molecule is CCN(CC)c1ccc(C(=O)NCc2ccc(S(=O)(=O)N(C)C(C)C)cc2)cn1. The molecule has 1 heterocycles. The minimum atomic E-state index is -3.51. The van der Waals surface area contributed by atoms with Gasteiger partial charge in [-0.1, -0.05) is 12.1 Å². The molecule has 1 N–H and O–H groups in total. The maximum atomic E-state index is 12.5. The molecule has 0 aliphatic rings. The predicted octanol–water partition coefficient (Wildman–Crippen LogP) is 2.89. The van der Waals surface area contributed by atoms with Crippen molar-refractivity contribution in [3.63, 3.8) is 0 Å². The Morgan fingerprint density at radius 2 is 1.69 bits per heavy atom. The van der Waals surface area contributed by atoms with E-state index in [1.165, 1.54) is 4.31 Å². The number of hydrogen-bond donors (Lipinski definition) is 1. The number of anilines is 1. The molecule has 0 fully saturated rings. The molecule has 0 radical (unpaired) electrons. The van der Waals surface area contributed by atoms with Crippen molar-refractivity contribution in [1.29, 1.82) is 0 Å². The van der Waals surface area contributed by atoms with Crippen LogP contribution in [0.3, 0.4) is 0 Å². The zero-order valence-corrected chi connectivity index (χ0v) is 18.5. The lowest BCUT2D eigenvalue weighted by Crippen LogP contribution is -2.33. The van der Waals surface area contributed by atoms with Crippen molar-refractivity contribution in [2.45, 2.75) is 45.2 Å². The second-order valence-corrected chi connectivity index (χ2v) is 9.02. The van der Waals surface area contributed by atoms with Gasteiger partial charge in [-0.25, -0.2) is 13.4 Å². The minimum absolute atomic E-state index is 0.124. The summed E-state index contributed by atoms with van der Waals surface area (Å²) in [6.07, 6.45) is 1.57. The average Bonchev–Trinajstić information content (AvgIpc) is 2.73. The van der Waals surface area contributed by atoms with Crippen molar-refractivity contribution in [1.82, 2.24) is 14.6 Å². The second kappa shape index (κ2) is 9.84. The van der Waals surface area contributed by atoms with Crippen LogP contribution in [0.15, 0.2) is 47.5 Å². The Kier molecular flexibility index (Phi) is 7.75. The largest absolute Gasteiger partial charge is 0.357 e. The number of carbonyl (C=O) groups is 1. The number of aromatic nitrogens is 1. The fraction of sp³-hybridized carbons (Fsp3) is 0.429. The molecule has 0 saturated heterocycles. The van der Waals surface area contributed by atoms with Gasteiger partial charge >= 0.3 is 0 Å². The van der Waals surface area contributed by atoms with Gasteiger partial charge in [0.1, 0.15) is 5.82 Å². The third-order valence-electron chi connectivity index (χ3n) is 4.88. The summed E-state index contributed by atoms with van der Waals surface area (Å²) in [7, 11) is -1.95. The fourth-order valence-corrected chi connectivity index (χ4v) is 4.13. The fourth-order valence-electron chi connectivity index (χ4n) is 2.76. The number of hydrogen-bond acceptors (Lipinski definition) is 5. The molecule has 0 spiro atoms. The van der Waals surface area contributed by atoms with E-state index in [1.807, 2.05) is 19.9 Å². The van der Waals surface area contributed by atoms with E-state index < -0.39 is 10.0 Å². The van der Waals surface area contributed by atoms with Crippen LogP contribution >= 0.6 is 0 Å². The van der Waals surface area contributed by atoms with Crippen molar-refractivity contribution in [3.8, 4) is 0 Å². The van der Waals surface area contributed by atoms with Crippen LogP contribution in [0.5, 0.6) is 0 Å². The van der Waals surface area contributed by atoms with Crippen LogP contribution < -0.4 is 10.2 Å². The highest BCUT2D eigenvalue weighted by Crippen LogP contribution is 2.17. The zero-order valence-electron chi connectivity index (χ0n) is 17.7. The third-order valence-corrected chi connectivity index (χ3v) is 6.93. The van der Waals surface area contributed by atoms with Gasteiger partial charge in [-0.15, -0.1) is 0 Å². The second-order valence-electron chi connectivity index (χ2n) is 7.02. The van der Waals surface area contributed by atoms with Crippen LogP contribution in [0, 0.1) is 0 Å².